The maximum Gasteiger partial charge on any atom is 0.241 e. The Bertz CT molecular complexity index is 1150. The summed E-state index contributed by atoms with van der Waals surface area (Å²) in [7, 11) is 0. The van der Waals surface area contributed by atoms with Crippen LogP contribution in [0, 0.1) is 12.8 Å². The van der Waals surface area contributed by atoms with Crippen LogP contribution in [0.25, 0.3) is 0 Å². The van der Waals surface area contributed by atoms with Crippen molar-refractivity contribution in [1.82, 2.24) is 5.32 Å². The molecular formula is C27H27ClN2O2S. The van der Waals surface area contributed by atoms with Crippen LogP contribution in [0.2, 0.25) is 5.02 Å². The number of amides is 2. The number of carbonyl (C=O) groups is 2. The molecule has 0 fully saturated rings. The number of halogens is 1. The maximum atomic E-state index is 13.5. The fraction of sp³-hybridized carbons (Fsp3) is 0.259. The van der Waals surface area contributed by atoms with Gasteiger partial charge in [-0.25, -0.2) is 0 Å². The third-order valence-electron chi connectivity index (χ3n) is 5.85. The number of nitrogens with zero attached hydrogens (tertiary/aromatic N) is 1. The molecule has 170 valence electrons. The van der Waals surface area contributed by atoms with Crippen LogP contribution in [0.3, 0.4) is 0 Å². The zero-order valence-corrected chi connectivity index (χ0v) is 20.3. The molecule has 1 aliphatic heterocycles. The summed E-state index contributed by atoms with van der Waals surface area (Å²) < 4.78 is 0. The maximum absolute atomic E-state index is 13.5. The summed E-state index contributed by atoms with van der Waals surface area (Å²) in [6.45, 7) is 4.85. The van der Waals surface area contributed by atoms with Gasteiger partial charge in [0.05, 0.1) is 18.2 Å². The Labute approximate surface area is 204 Å². The number of carbonyl (C=O) groups excluding carboxylic acids is 2. The first-order chi connectivity index (χ1) is 15.9. The van der Waals surface area contributed by atoms with Gasteiger partial charge in [0.25, 0.3) is 0 Å². The monoisotopic (exact) mass is 478 g/mol. The number of benzene rings is 3. The van der Waals surface area contributed by atoms with E-state index in [0.29, 0.717) is 18.1 Å². The van der Waals surface area contributed by atoms with Gasteiger partial charge in [0.1, 0.15) is 5.25 Å². The van der Waals surface area contributed by atoms with Crippen LogP contribution < -0.4 is 10.2 Å². The van der Waals surface area contributed by atoms with Gasteiger partial charge in [0.2, 0.25) is 11.8 Å². The predicted octanol–water partition coefficient (Wildman–Crippen LogP) is 5.65. The topological polar surface area (TPSA) is 49.4 Å². The van der Waals surface area contributed by atoms with Crippen LogP contribution in [-0.4, -0.2) is 23.6 Å². The van der Waals surface area contributed by atoms with Crippen molar-refractivity contribution in [3.8, 4) is 0 Å². The minimum atomic E-state index is -0.488. The van der Waals surface area contributed by atoms with E-state index in [-0.39, 0.29) is 11.8 Å². The van der Waals surface area contributed by atoms with E-state index in [1.54, 1.807) is 4.90 Å². The molecule has 1 aliphatic rings. The highest BCUT2D eigenvalue weighted by Gasteiger charge is 2.39. The number of fused-ring (bicyclic) bond motifs is 1. The molecule has 2 atom stereocenters. The van der Waals surface area contributed by atoms with Crippen molar-refractivity contribution in [2.75, 3.05) is 11.4 Å². The molecule has 0 unspecified atom stereocenters. The molecule has 4 rings (SSSR count). The van der Waals surface area contributed by atoms with Crippen LogP contribution >= 0.6 is 23.4 Å². The molecule has 4 nitrogen and oxygen atoms in total. The lowest BCUT2D eigenvalue weighted by atomic mass is 10.0. The largest absolute Gasteiger partial charge is 0.355 e. The van der Waals surface area contributed by atoms with Crippen LogP contribution in [0.4, 0.5) is 5.69 Å². The second-order valence-electron chi connectivity index (χ2n) is 8.38. The second-order valence-corrected chi connectivity index (χ2v) is 10.00. The molecule has 0 aliphatic carbocycles. The molecule has 6 heteroatoms. The molecule has 0 aromatic heterocycles. The molecule has 0 bridgehead atoms. The van der Waals surface area contributed by atoms with Gasteiger partial charge in [-0.1, -0.05) is 72.6 Å². The smallest absolute Gasteiger partial charge is 0.241 e. The Morgan fingerprint density at radius 3 is 2.58 bits per heavy atom. The first-order valence-electron chi connectivity index (χ1n) is 11.1. The molecule has 0 spiro atoms. The van der Waals surface area contributed by atoms with Gasteiger partial charge >= 0.3 is 0 Å². The van der Waals surface area contributed by atoms with E-state index in [2.05, 4.69) is 36.5 Å². The normalized spacial score (nSPS) is 16.3. The van der Waals surface area contributed by atoms with Gasteiger partial charge in [-0.05, 0) is 48.7 Å². The Kier molecular flexibility index (Phi) is 7.41. The van der Waals surface area contributed by atoms with Crippen LogP contribution in [-0.2, 0) is 22.6 Å². The number of hydrogen-bond acceptors (Lipinski definition) is 3. The molecule has 0 saturated heterocycles. The Hall–Kier alpha value is -2.76. The van der Waals surface area contributed by atoms with E-state index in [0.717, 1.165) is 22.6 Å². The van der Waals surface area contributed by atoms with Gasteiger partial charge in [-0.3, -0.25) is 9.59 Å². The number of rotatable bonds is 7. The summed E-state index contributed by atoms with van der Waals surface area (Å²) in [5, 5.41) is 3.17. The Morgan fingerprint density at radius 1 is 1.06 bits per heavy atom. The van der Waals surface area contributed by atoms with Gasteiger partial charge in [0, 0.05) is 16.5 Å². The van der Waals surface area contributed by atoms with Crippen molar-refractivity contribution in [3.63, 3.8) is 0 Å². The first kappa shape index (κ1) is 23.4. The van der Waals surface area contributed by atoms with Crippen molar-refractivity contribution in [2.24, 2.45) is 5.92 Å². The summed E-state index contributed by atoms with van der Waals surface area (Å²) in [6.07, 6.45) is 0.758. The lowest BCUT2D eigenvalue weighted by Gasteiger charge is -2.35. The lowest BCUT2D eigenvalue weighted by molar-refractivity contribution is -0.128. The number of hydrogen-bond donors (Lipinski definition) is 1. The summed E-state index contributed by atoms with van der Waals surface area (Å²) in [4.78, 5) is 29.3. The van der Waals surface area contributed by atoms with Crippen molar-refractivity contribution in [2.45, 2.75) is 37.0 Å². The second kappa shape index (κ2) is 10.4. The standard InChI is InChI=1S/C27H27ClN2O2S/c1-18-10-12-20(13-11-18)14-15-29-26(31)19(2)25-27(32)30(17-21-6-5-7-22(28)16-21)23-8-3-4-9-24(23)33-25/h3-13,16,19,25H,14-15,17H2,1-2H3,(H,29,31)/t19-,25+/m1/s1. The van der Waals surface area contributed by atoms with E-state index >= 15 is 0 Å². The summed E-state index contributed by atoms with van der Waals surface area (Å²) in [5.74, 6) is -0.620. The van der Waals surface area contributed by atoms with E-state index in [9.17, 15) is 9.59 Å². The van der Waals surface area contributed by atoms with E-state index in [1.807, 2.05) is 55.5 Å². The van der Waals surface area contributed by atoms with Crippen molar-refractivity contribution in [3.05, 3.63) is 94.5 Å². The van der Waals surface area contributed by atoms with Gasteiger partial charge in [0.15, 0.2) is 0 Å². The number of para-hydroxylation sites is 1. The van der Waals surface area contributed by atoms with Crippen molar-refractivity contribution < 1.29 is 9.59 Å². The SMILES string of the molecule is Cc1ccc(CCNC(=O)[C@H](C)[C@@H]2Sc3ccccc3N(Cc3cccc(Cl)c3)C2=O)cc1. The molecule has 1 heterocycles. The first-order valence-corrected chi connectivity index (χ1v) is 12.3. The molecule has 0 radical (unpaired) electrons. The van der Waals surface area contributed by atoms with Crippen molar-refractivity contribution >= 4 is 40.9 Å². The van der Waals surface area contributed by atoms with E-state index in [1.165, 1.54) is 22.9 Å². The highest BCUT2D eigenvalue weighted by atomic mass is 35.5. The zero-order valence-electron chi connectivity index (χ0n) is 18.8. The average molecular weight is 479 g/mol. The van der Waals surface area contributed by atoms with Gasteiger partial charge in [-0.2, -0.15) is 0 Å². The van der Waals surface area contributed by atoms with Crippen LogP contribution in [0.15, 0.2) is 77.7 Å². The van der Waals surface area contributed by atoms with Crippen LogP contribution in [0.5, 0.6) is 0 Å². The molecular weight excluding hydrogens is 452 g/mol. The Morgan fingerprint density at radius 2 is 1.82 bits per heavy atom. The number of anilines is 1. The van der Waals surface area contributed by atoms with Crippen LogP contribution in [0.1, 0.15) is 23.6 Å². The Balaban J connectivity index is 1.46. The zero-order chi connectivity index (χ0) is 23.4. The number of nitrogens with one attached hydrogen (secondary N) is 1. The highest BCUT2D eigenvalue weighted by Crippen LogP contribution is 2.42. The average Bonchev–Trinajstić information content (AvgIpc) is 2.81. The number of aryl methyl sites for hydroxylation is 1. The fourth-order valence-electron chi connectivity index (χ4n) is 3.92. The highest BCUT2D eigenvalue weighted by molar-refractivity contribution is 8.01. The molecule has 3 aromatic rings. The molecule has 3 aromatic carbocycles. The molecule has 0 saturated carbocycles. The molecule has 2 amide bonds. The van der Waals surface area contributed by atoms with Gasteiger partial charge in [-0.15, -0.1) is 11.8 Å². The summed E-state index contributed by atoms with van der Waals surface area (Å²) in [5.41, 5.74) is 4.22. The molecule has 33 heavy (non-hydrogen) atoms. The van der Waals surface area contributed by atoms with E-state index < -0.39 is 11.2 Å². The minimum Gasteiger partial charge on any atom is -0.355 e. The molecule has 1 N–H and O–H groups in total. The lowest BCUT2D eigenvalue weighted by Crippen LogP contribution is -2.47. The number of thioether (sulfide) groups is 1. The quantitative estimate of drug-likeness (QED) is 0.477. The summed E-state index contributed by atoms with van der Waals surface area (Å²) >= 11 is 7.63. The van der Waals surface area contributed by atoms with Crippen molar-refractivity contribution in [1.29, 1.82) is 0 Å². The third-order valence-corrected chi connectivity index (χ3v) is 7.55. The van der Waals surface area contributed by atoms with Gasteiger partial charge < -0.3 is 10.2 Å². The van der Waals surface area contributed by atoms with E-state index in [4.69, 9.17) is 11.6 Å². The third kappa shape index (κ3) is 5.60. The fourth-order valence-corrected chi connectivity index (χ4v) is 5.42. The summed E-state index contributed by atoms with van der Waals surface area (Å²) in [6, 6.07) is 23.7. The minimum absolute atomic E-state index is 0.0557. The predicted molar refractivity (Wildman–Crippen MR) is 136 cm³/mol.